The van der Waals surface area contributed by atoms with Gasteiger partial charge in [0.05, 0.1) is 19.6 Å². The lowest BCUT2D eigenvalue weighted by molar-refractivity contribution is 0.355. The second kappa shape index (κ2) is 7.61. The highest BCUT2D eigenvalue weighted by Gasteiger charge is 2.17. The van der Waals surface area contributed by atoms with Gasteiger partial charge in [-0.2, -0.15) is 0 Å². The van der Waals surface area contributed by atoms with Gasteiger partial charge in [0.15, 0.2) is 11.5 Å². The molecule has 0 spiro atoms. The van der Waals surface area contributed by atoms with Gasteiger partial charge in [-0.1, -0.05) is 18.2 Å². The number of H-pyrrole nitrogens is 1. The molecule has 6 heteroatoms. The van der Waals surface area contributed by atoms with Gasteiger partial charge in [0.1, 0.15) is 10.7 Å². The number of nitrogens with zero attached hydrogens (tertiary/aromatic N) is 1. The molecule has 5 nitrogen and oxygen atoms in total. The molecule has 0 radical (unpaired) electrons. The van der Waals surface area contributed by atoms with Crippen LogP contribution in [-0.4, -0.2) is 24.2 Å². The maximum Gasteiger partial charge on any atom is 0.260 e. The Hall–Kier alpha value is -3.12. The van der Waals surface area contributed by atoms with Crippen LogP contribution in [0.5, 0.6) is 11.5 Å². The van der Waals surface area contributed by atoms with E-state index >= 15 is 0 Å². The largest absolute Gasteiger partial charge is 0.493 e. The van der Waals surface area contributed by atoms with Gasteiger partial charge >= 0.3 is 0 Å². The first-order valence-electron chi connectivity index (χ1n) is 10.0. The Morgan fingerprint density at radius 2 is 1.70 bits per heavy atom. The number of methoxy groups -OCH3 is 2. The van der Waals surface area contributed by atoms with Crippen molar-refractivity contribution in [2.45, 2.75) is 25.7 Å². The molecule has 0 unspecified atom stereocenters. The first-order chi connectivity index (χ1) is 14.7. The van der Waals surface area contributed by atoms with Crippen LogP contribution in [0.1, 0.15) is 24.0 Å². The number of ether oxygens (including phenoxy) is 2. The van der Waals surface area contributed by atoms with E-state index in [4.69, 9.17) is 14.5 Å². The van der Waals surface area contributed by atoms with E-state index < -0.39 is 0 Å². The second-order valence-electron chi connectivity index (χ2n) is 7.50. The number of thiophene rings is 1. The average Bonchev–Trinajstić information content (AvgIpc) is 3.23. The summed E-state index contributed by atoms with van der Waals surface area (Å²) in [6.45, 7) is 0. The van der Waals surface area contributed by atoms with Gasteiger partial charge in [-0.05, 0) is 60.6 Å². The lowest BCUT2D eigenvalue weighted by Crippen LogP contribution is -2.09. The lowest BCUT2D eigenvalue weighted by atomic mass is 9.89. The van der Waals surface area contributed by atoms with Crippen LogP contribution < -0.4 is 15.0 Å². The van der Waals surface area contributed by atoms with E-state index in [9.17, 15) is 4.79 Å². The molecule has 30 heavy (non-hydrogen) atoms. The first-order valence-corrected chi connectivity index (χ1v) is 10.9. The number of nitrogens with one attached hydrogen (secondary N) is 1. The highest BCUT2D eigenvalue weighted by Crippen LogP contribution is 2.35. The van der Waals surface area contributed by atoms with Gasteiger partial charge in [0.2, 0.25) is 0 Å². The number of benzene rings is 2. The molecule has 2 aromatic heterocycles. The second-order valence-corrected chi connectivity index (χ2v) is 8.36. The molecule has 0 atom stereocenters. The fraction of sp³-hybridized carbons (Fsp3) is 0.250. The summed E-state index contributed by atoms with van der Waals surface area (Å²) in [6.07, 6.45) is 4.76. The Kier molecular flexibility index (Phi) is 4.79. The maximum atomic E-state index is 13.0. The van der Waals surface area contributed by atoms with E-state index in [0.717, 1.165) is 34.4 Å². The van der Waals surface area contributed by atoms with E-state index in [1.165, 1.54) is 35.3 Å². The van der Waals surface area contributed by atoms with E-state index in [2.05, 4.69) is 23.2 Å². The van der Waals surface area contributed by atoms with Crippen molar-refractivity contribution in [1.82, 2.24) is 9.97 Å². The highest BCUT2D eigenvalue weighted by atomic mass is 32.1. The molecule has 1 aliphatic rings. The van der Waals surface area contributed by atoms with Crippen molar-refractivity contribution in [2.75, 3.05) is 14.2 Å². The first kappa shape index (κ1) is 18.9. The van der Waals surface area contributed by atoms with Crippen LogP contribution in [0.4, 0.5) is 0 Å². The molecule has 0 bridgehead atoms. The number of hydrogen-bond acceptors (Lipinski definition) is 5. The summed E-state index contributed by atoms with van der Waals surface area (Å²) in [7, 11) is 3.18. The molecule has 0 fully saturated rings. The summed E-state index contributed by atoms with van der Waals surface area (Å²) in [5.41, 5.74) is 5.54. The van der Waals surface area contributed by atoms with Crippen molar-refractivity contribution >= 4 is 21.6 Å². The molecule has 0 saturated carbocycles. The molecule has 0 saturated heterocycles. The van der Waals surface area contributed by atoms with Crippen molar-refractivity contribution in [3.8, 4) is 34.0 Å². The Labute approximate surface area is 178 Å². The molecule has 2 aromatic carbocycles. The van der Waals surface area contributed by atoms with Crippen molar-refractivity contribution in [3.63, 3.8) is 0 Å². The molecule has 0 aliphatic heterocycles. The minimum absolute atomic E-state index is 0.126. The van der Waals surface area contributed by atoms with Crippen LogP contribution in [0.2, 0.25) is 0 Å². The zero-order valence-electron chi connectivity index (χ0n) is 17.0. The summed E-state index contributed by atoms with van der Waals surface area (Å²) >= 11 is 1.50. The van der Waals surface area contributed by atoms with Crippen LogP contribution >= 0.6 is 11.3 Å². The number of aromatic amines is 1. The normalized spacial score (nSPS) is 13.3. The maximum absolute atomic E-state index is 13.0. The van der Waals surface area contributed by atoms with Crippen LogP contribution in [0.3, 0.4) is 0 Å². The van der Waals surface area contributed by atoms with Crippen molar-refractivity contribution < 1.29 is 9.47 Å². The van der Waals surface area contributed by atoms with Gasteiger partial charge < -0.3 is 14.5 Å². The SMILES string of the molecule is COc1ccc(-c2nc3scc(-c4ccc5c(c4)CCCC5)c3c(=O)[nH]2)cc1OC. The van der Waals surface area contributed by atoms with Gasteiger partial charge in [-0.25, -0.2) is 4.98 Å². The zero-order valence-corrected chi connectivity index (χ0v) is 17.8. The van der Waals surface area contributed by atoms with Gasteiger partial charge in [0.25, 0.3) is 5.56 Å². The molecule has 1 aliphatic carbocycles. The molecular weight excluding hydrogens is 396 g/mol. The predicted octanol–water partition coefficient (Wildman–Crippen LogP) is 5.21. The summed E-state index contributed by atoms with van der Waals surface area (Å²) in [5.74, 6) is 1.75. The van der Waals surface area contributed by atoms with Crippen LogP contribution in [-0.2, 0) is 12.8 Å². The fourth-order valence-electron chi connectivity index (χ4n) is 4.18. The van der Waals surface area contributed by atoms with Crippen molar-refractivity contribution in [1.29, 1.82) is 0 Å². The summed E-state index contributed by atoms with van der Waals surface area (Å²) in [6, 6.07) is 12.1. The third-order valence-electron chi connectivity index (χ3n) is 5.76. The number of fused-ring (bicyclic) bond motifs is 2. The van der Waals surface area contributed by atoms with Gasteiger partial charge in [-0.15, -0.1) is 11.3 Å². The zero-order chi connectivity index (χ0) is 20.7. The fourth-order valence-corrected chi connectivity index (χ4v) is 5.13. The van der Waals surface area contributed by atoms with Crippen LogP contribution in [0.15, 0.2) is 46.6 Å². The predicted molar refractivity (Wildman–Crippen MR) is 121 cm³/mol. The molecule has 4 aromatic rings. The Morgan fingerprint density at radius 3 is 2.50 bits per heavy atom. The monoisotopic (exact) mass is 418 g/mol. The molecule has 1 N–H and O–H groups in total. The molecule has 5 rings (SSSR count). The summed E-state index contributed by atoms with van der Waals surface area (Å²) in [4.78, 5) is 21.5. The van der Waals surface area contributed by atoms with Gasteiger partial charge in [0, 0.05) is 16.5 Å². The van der Waals surface area contributed by atoms with Crippen LogP contribution in [0, 0.1) is 0 Å². The molecule has 2 heterocycles. The van der Waals surface area contributed by atoms with Gasteiger partial charge in [-0.3, -0.25) is 4.79 Å². The smallest absolute Gasteiger partial charge is 0.260 e. The Balaban J connectivity index is 1.60. The third-order valence-corrected chi connectivity index (χ3v) is 6.63. The van der Waals surface area contributed by atoms with E-state index in [0.29, 0.717) is 22.7 Å². The average molecular weight is 419 g/mol. The van der Waals surface area contributed by atoms with Crippen molar-refractivity contribution in [2.24, 2.45) is 0 Å². The van der Waals surface area contributed by atoms with E-state index in [1.54, 1.807) is 14.2 Å². The number of aryl methyl sites for hydroxylation is 2. The highest BCUT2D eigenvalue weighted by molar-refractivity contribution is 7.17. The van der Waals surface area contributed by atoms with E-state index in [1.807, 2.05) is 23.6 Å². The molecular formula is C24H22N2O3S. The Morgan fingerprint density at radius 1 is 0.933 bits per heavy atom. The Bertz CT molecular complexity index is 1310. The summed E-state index contributed by atoms with van der Waals surface area (Å²) < 4.78 is 10.7. The minimum Gasteiger partial charge on any atom is -0.493 e. The van der Waals surface area contributed by atoms with E-state index in [-0.39, 0.29) is 5.56 Å². The van der Waals surface area contributed by atoms with Crippen LogP contribution in [0.25, 0.3) is 32.7 Å². The third kappa shape index (κ3) is 3.17. The standard InChI is InChI=1S/C24H22N2O3S/c1-28-19-10-9-17(12-20(19)29-2)22-25-23(27)21-18(13-30-24(21)26-22)16-8-7-14-5-3-4-6-15(14)11-16/h7-13H,3-6H2,1-2H3,(H,25,26,27). The summed E-state index contributed by atoms with van der Waals surface area (Å²) in [5, 5.41) is 2.69. The van der Waals surface area contributed by atoms with Crippen molar-refractivity contribution in [3.05, 3.63) is 63.3 Å². The number of rotatable bonds is 4. The quantitative estimate of drug-likeness (QED) is 0.494. The topological polar surface area (TPSA) is 64.2 Å². The molecule has 0 amide bonds. The number of hydrogen-bond donors (Lipinski definition) is 1. The lowest BCUT2D eigenvalue weighted by Gasteiger charge is -2.16. The molecule has 152 valence electrons. The minimum atomic E-state index is -0.126. The number of aromatic nitrogens is 2.